The van der Waals surface area contributed by atoms with Gasteiger partial charge in [-0.15, -0.1) is 12.4 Å². The lowest BCUT2D eigenvalue weighted by Crippen LogP contribution is -2.27. The maximum Gasteiger partial charge on any atom is 0.177 e. The Balaban J connectivity index is 0.000000605. The number of nitrogens with zero attached hydrogens (tertiary/aromatic N) is 2. The minimum absolute atomic E-state index is 0. The van der Waals surface area contributed by atoms with E-state index < -0.39 is 0 Å². The van der Waals surface area contributed by atoms with E-state index in [9.17, 15) is 0 Å². The standard InChI is InChI=1S/C6H8BrN3.ClH/c7-6-9-4-5-3-8-1-2-10(5)6;/h4,8H,1-3H2;1H. The minimum Gasteiger partial charge on any atom is -0.320 e. The number of imidazole rings is 1. The normalized spacial score (nSPS) is 15.4. The second-order valence-electron chi connectivity index (χ2n) is 2.35. The van der Waals surface area contributed by atoms with Gasteiger partial charge in [0.2, 0.25) is 0 Å². The van der Waals surface area contributed by atoms with E-state index in [0.29, 0.717) is 0 Å². The van der Waals surface area contributed by atoms with Gasteiger partial charge in [0.05, 0.1) is 11.9 Å². The molecule has 0 bridgehead atoms. The Labute approximate surface area is 79.7 Å². The lowest BCUT2D eigenvalue weighted by atomic mass is 10.4. The summed E-state index contributed by atoms with van der Waals surface area (Å²) in [6, 6.07) is 0. The van der Waals surface area contributed by atoms with E-state index in [0.717, 1.165) is 24.4 Å². The largest absolute Gasteiger partial charge is 0.320 e. The molecule has 1 aromatic heterocycles. The summed E-state index contributed by atoms with van der Waals surface area (Å²) in [5.41, 5.74) is 1.26. The third kappa shape index (κ3) is 1.58. The van der Waals surface area contributed by atoms with Gasteiger partial charge in [0, 0.05) is 19.6 Å². The zero-order chi connectivity index (χ0) is 6.97. The van der Waals surface area contributed by atoms with Crippen molar-refractivity contribution in [3.05, 3.63) is 16.6 Å². The molecule has 0 radical (unpaired) electrons. The van der Waals surface area contributed by atoms with Crippen molar-refractivity contribution < 1.29 is 0 Å². The molecule has 1 N–H and O–H groups in total. The smallest absolute Gasteiger partial charge is 0.177 e. The van der Waals surface area contributed by atoms with Crippen molar-refractivity contribution in [2.75, 3.05) is 6.54 Å². The minimum atomic E-state index is 0. The first kappa shape index (κ1) is 9.03. The van der Waals surface area contributed by atoms with Crippen LogP contribution in [0.3, 0.4) is 0 Å². The average molecular weight is 239 g/mol. The fourth-order valence-electron chi connectivity index (χ4n) is 1.17. The quantitative estimate of drug-likeness (QED) is 0.735. The van der Waals surface area contributed by atoms with Gasteiger partial charge in [-0.25, -0.2) is 4.98 Å². The van der Waals surface area contributed by atoms with Gasteiger partial charge in [0.25, 0.3) is 0 Å². The summed E-state index contributed by atoms with van der Waals surface area (Å²) >= 11 is 3.38. The number of hydrogen-bond donors (Lipinski definition) is 1. The van der Waals surface area contributed by atoms with Gasteiger partial charge in [-0.1, -0.05) is 0 Å². The van der Waals surface area contributed by atoms with Crippen LogP contribution in [0.15, 0.2) is 10.9 Å². The number of halogens is 2. The Bertz CT molecular complexity index is 248. The summed E-state index contributed by atoms with van der Waals surface area (Å²) in [5.74, 6) is 0. The molecule has 0 atom stereocenters. The van der Waals surface area contributed by atoms with Crippen molar-refractivity contribution in [2.45, 2.75) is 13.1 Å². The van der Waals surface area contributed by atoms with Crippen molar-refractivity contribution in [2.24, 2.45) is 0 Å². The van der Waals surface area contributed by atoms with Crippen molar-refractivity contribution in [3.63, 3.8) is 0 Å². The lowest BCUT2D eigenvalue weighted by molar-refractivity contribution is 0.509. The van der Waals surface area contributed by atoms with E-state index in [4.69, 9.17) is 0 Å². The number of hydrogen-bond acceptors (Lipinski definition) is 2. The number of aromatic nitrogens is 2. The third-order valence-electron chi connectivity index (χ3n) is 1.71. The van der Waals surface area contributed by atoms with Gasteiger partial charge in [0.15, 0.2) is 4.73 Å². The van der Waals surface area contributed by atoms with E-state index >= 15 is 0 Å². The van der Waals surface area contributed by atoms with Crippen molar-refractivity contribution in [1.82, 2.24) is 14.9 Å². The molecule has 0 aliphatic carbocycles. The van der Waals surface area contributed by atoms with Crippen LogP contribution in [0.4, 0.5) is 0 Å². The predicted molar refractivity (Wildman–Crippen MR) is 48.9 cm³/mol. The summed E-state index contributed by atoms with van der Waals surface area (Å²) in [7, 11) is 0. The van der Waals surface area contributed by atoms with Crippen LogP contribution in [0, 0.1) is 0 Å². The monoisotopic (exact) mass is 237 g/mol. The molecule has 62 valence electrons. The van der Waals surface area contributed by atoms with Gasteiger partial charge in [-0.2, -0.15) is 0 Å². The lowest BCUT2D eigenvalue weighted by Gasteiger charge is -2.15. The molecular weight excluding hydrogens is 229 g/mol. The molecule has 0 fully saturated rings. The maximum atomic E-state index is 4.14. The topological polar surface area (TPSA) is 29.9 Å². The SMILES string of the molecule is Brc1ncc2n1CCNC2.Cl. The molecule has 2 heterocycles. The Kier molecular flexibility index (Phi) is 2.92. The highest BCUT2D eigenvalue weighted by molar-refractivity contribution is 9.10. The van der Waals surface area contributed by atoms with E-state index in [-0.39, 0.29) is 12.4 Å². The Morgan fingerprint density at radius 2 is 2.45 bits per heavy atom. The third-order valence-corrected chi connectivity index (χ3v) is 2.34. The second kappa shape index (κ2) is 3.56. The first-order chi connectivity index (χ1) is 4.88. The zero-order valence-electron chi connectivity index (χ0n) is 5.88. The highest BCUT2D eigenvalue weighted by Crippen LogP contribution is 2.13. The molecular formula is C6H9BrClN3. The van der Waals surface area contributed by atoms with Crippen LogP contribution >= 0.6 is 28.3 Å². The number of fused-ring (bicyclic) bond motifs is 1. The molecule has 0 spiro atoms. The van der Waals surface area contributed by atoms with Gasteiger partial charge < -0.3 is 9.88 Å². The molecule has 1 aliphatic heterocycles. The van der Waals surface area contributed by atoms with Gasteiger partial charge >= 0.3 is 0 Å². The first-order valence-electron chi connectivity index (χ1n) is 3.28. The van der Waals surface area contributed by atoms with Crippen LogP contribution in [-0.2, 0) is 13.1 Å². The summed E-state index contributed by atoms with van der Waals surface area (Å²) in [5, 5.41) is 3.27. The highest BCUT2D eigenvalue weighted by atomic mass is 79.9. The molecule has 3 nitrogen and oxygen atoms in total. The zero-order valence-corrected chi connectivity index (χ0v) is 8.28. The maximum absolute atomic E-state index is 4.14. The van der Waals surface area contributed by atoms with Crippen LogP contribution in [0.1, 0.15) is 5.69 Å². The van der Waals surface area contributed by atoms with E-state index in [1.165, 1.54) is 5.69 Å². The molecule has 2 rings (SSSR count). The Morgan fingerprint density at radius 3 is 3.18 bits per heavy atom. The van der Waals surface area contributed by atoms with Crippen LogP contribution in [0.5, 0.6) is 0 Å². The summed E-state index contributed by atoms with van der Waals surface area (Å²) in [4.78, 5) is 4.14. The highest BCUT2D eigenvalue weighted by Gasteiger charge is 2.10. The molecule has 0 aromatic carbocycles. The molecule has 5 heteroatoms. The molecule has 0 saturated carbocycles. The molecule has 11 heavy (non-hydrogen) atoms. The van der Waals surface area contributed by atoms with E-state index in [1.807, 2.05) is 6.20 Å². The van der Waals surface area contributed by atoms with Gasteiger partial charge in [0.1, 0.15) is 0 Å². The van der Waals surface area contributed by atoms with Crippen LogP contribution in [0.2, 0.25) is 0 Å². The molecule has 0 amide bonds. The molecule has 0 unspecified atom stereocenters. The second-order valence-corrected chi connectivity index (χ2v) is 3.06. The molecule has 1 aromatic rings. The number of nitrogens with one attached hydrogen (secondary N) is 1. The summed E-state index contributed by atoms with van der Waals surface area (Å²) in [6.45, 7) is 3.01. The number of rotatable bonds is 0. The van der Waals surface area contributed by atoms with E-state index in [2.05, 4.69) is 30.8 Å². The molecule has 0 saturated heterocycles. The first-order valence-corrected chi connectivity index (χ1v) is 4.08. The summed E-state index contributed by atoms with van der Waals surface area (Å²) < 4.78 is 3.13. The van der Waals surface area contributed by atoms with E-state index in [1.54, 1.807) is 0 Å². The Morgan fingerprint density at radius 1 is 1.64 bits per heavy atom. The average Bonchev–Trinajstić information content (AvgIpc) is 2.34. The van der Waals surface area contributed by atoms with Crippen LogP contribution in [0.25, 0.3) is 0 Å². The Hall–Kier alpha value is -0.0600. The van der Waals surface area contributed by atoms with Gasteiger partial charge in [-0.05, 0) is 15.9 Å². The van der Waals surface area contributed by atoms with Crippen LogP contribution < -0.4 is 5.32 Å². The van der Waals surface area contributed by atoms with Crippen LogP contribution in [-0.4, -0.2) is 16.1 Å². The summed E-state index contributed by atoms with van der Waals surface area (Å²) in [6.07, 6.45) is 1.90. The fourth-order valence-corrected chi connectivity index (χ4v) is 1.68. The predicted octanol–water partition coefficient (Wildman–Crippen LogP) is 1.17. The van der Waals surface area contributed by atoms with Crippen molar-refractivity contribution >= 4 is 28.3 Å². The van der Waals surface area contributed by atoms with Crippen molar-refractivity contribution in [3.8, 4) is 0 Å². The fraction of sp³-hybridized carbons (Fsp3) is 0.500. The molecule has 1 aliphatic rings. The van der Waals surface area contributed by atoms with Gasteiger partial charge in [-0.3, -0.25) is 0 Å². The van der Waals surface area contributed by atoms with Crippen molar-refractivity contribution in [1.29, 1.82) is 0 Å².